The van der Waals surface area contributed by atoms with E-state index in [1.165, 1.54) is 7.11 Å². The molecule has 1 amide bonds. The van der Waals surface area contributed by atoms with Crippen molar-refractivity contribution in [2.45, 2.75) is 6.92 Å². The minimum Gasteiger partial charge on any atom is -0.453 e. The summed E-state index contributed by atoms with van der Waals surface area (Å²) in [6, 6.07) is 9.90. The van der Waals surface area contributed by atoms with E-state index in [1.54, 1.807) is 4.90 Å². The van der Waals surface area contributed by atoms with Gasteiger partial charge in [0.05, 0.1) is 7.11 Å². The minimum absolute atomic E-state index is 0.280. The van der Waals surface area contributed by atoms with Crippen molar-refractivity contribution in [2.75, 3.05) is 32.1 Å². The number of ether oxygens (including phenoxy) is 1. The molecule has 1 rings (SSSR count). The predicted molar refractivity (Wildman–Crippen MR) is 64.6 cm³/mol. The van der Waals surface area contributed by atoms with Gasteiger partial charge in [-0.05, 0) is 19.1 Å². The Morgan fingerprint density at radius 2 is 2.06 bits per heavy atom. The molecular weight excluding hydrogens is 204 g/mol. The molecule has 0 unspecified atom stereocenters. The Balaban J connectivity index is 2.31. The van der Waals surface area contributed by atoms with Gasteiger partial charge < -0.3 is 15.0 Å². The van der Waals surface area contributed by atoms with Gasteiger partial charge in [0.2, 0.25) is 0 Å². The summed E-state index contributed by atoms with van der Waals surface area (Å²) in [7, 11) is 1.40. The van der Waals surface area contributed by atoms with Crippen LogP contribution >= 0.6 is 0 Å². The van der Waals surface area contributed by atoms with Gasteiger partial charge in [-0.3, -0.25) is 0 Å². The van der Waals surface area contributed by atoms with E-state index in [9.17, 15) is 4.79 Å². The van der Waals surface area contributed by atoms with Crippen LogP contribution in [0.4, 0.5) is 10.5 Å². The van der Waals surface area contributed by atoms with Gasteiger partial charge in [0.1, 0.15) is 0 Å². The van der Waals surface area contributed by atoms with E-state index in [1.807, 2.05) is 37.3 Å². The van der Waals surface area contributed by atoms with Crippen LogP contribution in [0.3, 0.4) is 0 Å². The number of benzene rings is 1. The molecule has 0 spiro atoms. The van der Waals surface area contributed by atoms with Crippen molar-refractivity contribution < 1.29 is 9.53 Å². The third kappa shape index (κ3) is 3.81. The molecule has 0 aliphatic carbocycles. The monoisotopic (exact) mass is 222 g/mol. The van der Waals surface area contributed by atoms with E-state index in [0.717, 1.165) is 5.69 Å². The van der Waals surface area contributed by atoms with Gasteiger partial charge in [-0.15, -0.1) is 0 Å². The Bertz CT molecular complexity index is 314. The lowest BCUT2D eigenvalue weighted by molar-refractivity contribution is 0.127. The molecule has 0 radical (unpaired) electrons. The molecule has 1 aromatic rings. The zero-order valence-corrected chi connectivity index (χ0v) is 9.77. The molecule has 0 aliphatic rings. The summed E-state index contributed by atoms with van der Waals surface area (Å²) < 4.78 is 4.67. The number of likely N-dealkylation sites (N-methyl/N-ethyl adjacent to an activating group) is 1. The number of carbonyl (C=O) groups excluding carboxylic acids is 1. The van der Waals surface area contributed by atoms with E-state index >= 15 is 0 Å². The van der Waals surface area contributed by atoms with Crippen molar-refractivity contribution >= 4 is 11.8 Å². The number of carbonyl (C=O) groups is 1. The normalized spacial score (nSPS) is 9.62. The highest BCUT2D eigenvalue weighted by atomic mass is 16.5. The average Bonchev–Trinajstić information content (AvgIpc) is 2.35. The number of methoxy groups -OCH3 is 1. The van der Waals surface area contributed by atoms with Crippen LogP contribution in [0.5, 0.6) is 0 Å². The summed E-state index contributed by atoms with van der Waals surface area (Å²) in [5.41, 5.74) is 1.06. The largest absolute Gasteiger partial charge is 0.453 e. The summed E-state index contributed by atoms with van der Waals surface area (Å²) in [5, 5.41) is 3.24. The molecule has 1 aromatic carbocycles. The van der Waals surface area contributed by atoms with Gasteiger partial charge in [0.15, 0.2) is 0 Å². The molecule has 4 nitrogen and oxygen atoms in total. The first-order chi connectivity index (χ1) is 7.77. The molecule has 0 fully saturated rings. The standard InChI is InChI=1S/C12H18N2O2/c1-3-14(12(15)16-2)10-9-13-11-7-5-4-6-8-11/h4-8,13H,3,9-10H2,1-2H3. The lowest BCUT2D eigenvalue weighted by Gasteiger charge is -2.19. The lowest BCUT2D eigenvalue weighted by Crippen LogP contribution is -2.34. The van der Waals surface area contributed by atoms with Crippen LogP contribution < -0.4 is 5.32 Å². The molecule has 0 saturated heterocycles. The van der Waals surface area contributed by atoms with Crippen LogP contribution in [0, 0.1) is 0 Å². The van der Waals surface area contributed by atoms with E-state index < -0.39 is 0 Å². The molecule has 0 saturated carbocycles. The van der Waals surface area contributed by atoms with Gasteiger partial charge >= 0.3 is 6.09 Å². The van der Waals surface area contributed by atoms with E-state index in [-0.39, 0.29) is 6.09 Å². The highest BCUT2D eigenvalue weighted by Crippen LogP contribution is 2.04. The molecule has 4 heteroatoms. The average molecular weight is 222 g/mol. The van der Waals surface area contributed by atoms with Crippen LogP contribution in [-0.4, -0.2) is 37.7 Å². The first kappa shape index (κ1) is 12.4. The third-order valence-electron chi connectivity index (χ3n) is 2.30. The molecule has 0 atom stereocenters. The number of anilines is 1. The topological polar surface area (TPSA) is 41.6 Å². The van der Waals surface area contributed by atoms with Crippen molar-refractivity contribution in [3.05, 3.63) is 30.3 Å². The maximum atomic E-state index is 11.3. The Labute approximate surface area is 96.2 Å². The van der Waals surface area contributed by atoms with Crippen molar-refractivity contribution in [1.29, 1.82) is 0 Å². The maximum absolute atomic E-state index is 11.3. The number of hydrogen-bond donors (Lipinski definition) is 1. The van der Waals surface area contributed by atoms with Crippen molar-refractivity contribution in [3.63, 3.8) is 0 Å². The number of amides is 1. The second-order valence-corrected chi connectivity index (χ2v) is 3.34. The summed E-state index contributed by atoms with van der Waals surface area (Å²) in [6.45, 7) is 3.94. The van der Waals surface area contributed by atoms with Crippen molar-refractivity contribution in [2.24, 2.45) is 0 Å². The van der Waals surface area contributed by atoms with Gasteiger partial charge in [-0.1, -0.05) is 18.2 Å². The fourth-order valence-corrected chi connectivity index (χ4v) is 1.40. The molecular formula is C12H18N2O2. The quantitative estimate of drug-likeness (QED) is 0.830. The first-order valence-electron chi connectivity index (χ1n) is 5.39. The van der Waals surface area contributed by atoms with E-state index in [4.69, 9.17) is 0 Å². The molecule has 16 heavy (non-hydrogen) atoms. The number of nitrogens with zero attached hydrogens (tertiary/aromatic N) is 1. The molecule has 0 bridgehead atoms. The Morgan fingerprint density at radius 3 is 2.62 bits per heavy atom. The van der Waals surface area contributed by atoms with E-state index in [0.29, 0.717) is 19.6 Å². The molecule has 1 N–H and O–H groups in total. The minimum atomic E-state index is -0.280. The maximum Gasteiger partial charge on any atom is 0.409 e. The van der Waals surface area contributed by atoms with Crippen LogP contribution in [0.15, 0.2) is 30.3 Å². The van der Waals surface area contributed by atoms with Gasteiger partial charge in [0.25, 0.3) is 0 Å². The van der Waals surface area contributed by atoms with Gasteiger partial charge in [-0.2, -0.15) is 0 Å². The van der Waals surface area contributed by atoms with E-state index in [2.05, 4.69) is 10.1 Å². The number of hydrogen-bond acceptors (Lipinski definition) is 3. The highest BCUT2D eigenvalue weighted by molar-refractivity contribution is 5.67. The van der Waals surface area contributed by atoms with Crippen LogP contribution in [-0.2, 0) is 4.74 Å². The number of nitrogens with one attached hydrogen (secondary N) is 1. The second kappa shape index (κ2) is 6.71. The fourth-order valence-electron chi connectivity index (χ4n) is 1.40. The third-order valence-corrected chi connectivity index (χ3v) is 2.30. The van der Waals surface area contributed by atoms with Gasteiger partial charge in [0, 0.05) is 25.3 Å². The van der Waals surface area contributed by atoms with Crippen LogP contribution in [0.2, 0.25) is 0 Å². The molecule has 0 heterocycles. The zero-order valence-electron chi connectivity index (χ0n) is 9.77. The molecule has 88 valence electrons. The zero-order chi connectivity index (χ0) is 11.8. The van der Waals surface area contributed by atoms with Crippen LogP contribution in [0.25, 0.3) is 0 Å². The summed E-state index contributed by atoms with van der Waals surface area (Å²) >= 11 is 0. The number of rotatable bonds is 5. The van der Waals surface area contributed by atoms with Crippen molar-refractivity contribution in [1.82, 2.24) is 4.90 Å². The highest BCUT2D eigenvalue weighted by Gasteiger charge is 2.09. The Morgan fingerprint density at radius 1 is 1.38 bits per heavy atom. The lowest BCUT2D eigenvalue weighted by atomic mass is 10.3. The SMILES string of the molecule is CCN(CCNc1ccccc1)C(=O)OC. The Kier molecular flexibility index (Phi) is 5.19. The fraction of sp³-hybridized carbons (Fsp3) is 0.417. The summed E-state index contributed by atoms with van der Waals surface area (Å²) in [4.78, 5) is 12.9. The summed E-state index contributed by atoms with van der Waals surface area (Å²) in [6.07, 6.45) is -0.280. The smallest absolute Gasteiger partial charge is 0.409 e. The first-order valence-corrected chi connectivity index (χ1v) is 5.39. The second-order valence-electron chi connectivity index (χ2n) is 3.34. The molecule has 0 aliphatic heterocycles. The molecule has 0 aromatic heterocycles. The van der Waals surface area contributed by atoms with Gasteiger partial charge in [-0.25, -0.2) is 4.79 Å². The van der Waals surface area contributed by atoms with Crippen molar-refractivity contribution in [3.8, 4) is 0 Å². The Hall–Kier alpha value is -1.71. The van der Waals surface area contributed by atoms with Crippen LogP contribution in [0.1, 0.15) is 6.92 Å². The summed E-state index contributed by atoms with van der Waals surface area (Å²) in [5.74, 6) is 0. The number of para-hydroxylation sites is 1. The predicted octanol–water partition coefficient (Wildman–Crippen LogP) is 2.19.